The zero-order valence-electron chi connectivity index (χ0n) is 5.59. The Kier molecular flexibility index (Phi) is 2.05. The average molecular weight is 129 g/mol. The fraction of sp³-hybridized carbons (Fsp3) is 0.833. The molecule has 0 atom stereocenters. The van der Waals surface area contributed by atoms with Crippen LogP contribution in [-0.4, -0.2) is 37.6 Å². The lowest BCUT2D eigenvalue weighted by molar-refractivity contribution is -0.129. The first-order valence-corrected chi connectivity index (χ1v) is 3.12. The highest BCUT2D eigenvalue weighted by Crippen LogP contribution is 1.96. The van der Waals surface area contributed by atoms with Gasteiger partial charge < -0.3 is 9.64 Å². The maximum absolute atomic E-state index is 10.9. The normalized spacial score (nSPS) is 21.9. The van der Waals surface area contributed by atoms with E-state index in [1.807, 2.05) is 0 Å². The van der Waals surface area contributed by atoms with E-state index in [0.29, 0.717) is 19.6 Å². The van der Waals surface area contributed by atoms with E-state index in [1.54, 1.807) is 11.9 Å². The van der Waals surface area contributed by atoms with Crippen molar-refractivity contribution in [3.8, 4) is 0 Å². The maximum Gasteiger partial charge on any atom is 0.224 e. The predicted molar refractivity (Wildman–Crippen MR) is 33.1 cm³/mol. The lowest BCUT2D eigenvalue weighted by Crippen LogP contribution is -2.26. The molecule has 3 nitrogen and oxygen atoms in total. The van der Waals surface area contributed by atoms with Gasteiger partial charge in [-0.2, -0.15) is 0 Å². The number of hydrogen-bond acceptors (Lipinski definition) is 2. The summed E-state index contributed by atoms with van der Waals surface area (Å²) in [5.41, 5.74) is 0. The molecule has 1 aliphatic rings. The molecule has 3 heteroatoms. The Morgan fingerprint density at radius 3 is 3.11 bits per heavy atom. The molecule has 52 valence electrons. The molecular weight excluding hydrogens is 118 g/mol. The fourth-order valence-corrected chi connectivity index (χ4v) is 0.779. The Morgan fingerprint density at radius 1 is 1.56 bits per heavy atom. The van der Waals surface area contributed by atoms with Crippen molar-refractivity contribution in [3.05, 3.63) is 0 Å². The van der Waals surface area contributed by atoms with Gasteiger partial charge in [0.25, 0.3) is 0 Å². The van der Waals surface area contributed by atoms with Crippen molar-refractivity contribution in [2.75, 3.05) is 26.8 Å². The number of amides is 1. The van der Waals surface area contributed by atoms with Crippen molar-refractivity contribution in [1.29, 1.82) is 0 Å². The Balaban J connectivity index is 2.41. The van der Waals surface area contributed by atoms with Crippen molar-refractivity contribution >= 4 is 5.91 Å². The van der Waals surface area contributed by atoms with Crippen LogP contribution in [0.15, 0.2) is 0 Å². The highest BCUT2D eigenvalue weighted by atomic mass is 16.5. The predicted octanol–water partition coefficient (Wildman–Crippen LogP) is -0.135. The van der Waals surface area contributed by atoms with Gasteiger partial charge in [-0.3, -0.25) is 4.79 Å². The van der Waals surface area contributed by atoms with Crippen molar-refractivity contribution in [2.45, 2.75) is 6.42 Å². The Bertz CT molecular complexity index is 114. The van der Waals surface area contributed by atoms with Gasteiger partial charge in [-0.15, -0.1) is 0 Å². The quantitative estimate of drug-likeness (QED) is 0.456. The zero-order valence-corrected chi connectivity index (χ0v) is 5.59. The fourth-order valence-electron chi connectivity index (χ4n) is 0.779. The molecule has 0 spiro atoms. The van der Waals surface area contributed by atoms with Gasteiger partial charge in [-0.05, 0) is 0 Å². The summed E-state index contributed by atoms with van der Waals surface area (Å²) in [7, 11) is 1.80. The molecule has 0 unspecified atom stereocenters. The number of rotatable bonds is 0. The van der Waals surface area contributed by atoms with Gasteiger partial charge in [0.1, 0.15) is 0 Å². The van der Waals surface area contributed by atoms with Gasteiger partial charge in [-0.25, -0.2) is 0 Å². The van der Waals surface area contributed by atoms with Crippen LogP contribution < -0.4 is 0 Å². The van der Waals surface area contributed by atoms with Gasteiger partial charge in [0.2, 0.25) is 5.91 Å². The number of nitrogens with zero attached hydrogens (tertiary/aromatic N) is 1. The number of carbonyl (C=O) groups excluding carboxylic acids is 1. The summed E-state index contributed by atoms with van der Waals surface area (Å²) >= 11 is 0. The van der Waals surface area contributed by atoms with E-state index in [9.17, 15) is 4.79 Å². The number of hydrogen-bond donors (Lipinski definition) is 0. The molecule has 0 aliphatic carbocycles. The van der Waals surface area contributed by atoms with E-state index >= 15 is 0 Å². The Labute approximate surface area is 54.6 Å². The van der Waals surface area contributed by atoms with Gasteiger partial charge in [-0.1, -0.05) is 0 Å². The van der Waals surface area contributed by atoms with Gasteiger partial charge in [0.15, 0.2) is 0 Å². The highest BCUT2D eigenvalue weighted by molar-refractivity contribution is 5.76. The van der Waals surface area contributed by atoms with Gasteiger partial charge >= 0.3 is 0 Å². The molecule has 0 aromatic carbocycles. The summed E-state index contributed by atoms with van der Waals surface area (Å²) in [5, 5.41) is 0. The summed E-state index contributed by atoms with van der Waals surface area (Å²) in [6.07, 6.45) is 0.538. The number of ether oxygens (including phenoxy) is 1. The zero-order chi connectivity index (χ0) is 6.69. The second kappa shape index (κ2) is 2.82. The van der Waals surface area contributed by atoms with Crippen LogP contribution in [0, 0.1) is 0 Å². The van der Waals surface area contributed by atoms with Crippen LogP contribution in [0.5, 0.6) is 0 Å². The minimum absolute atomic E-state index is 0.188. The van der Waals surface area contributed by atoms with Crippen LogP contribution in [-0.2, 0) is 9.53 Å². The smallest absolute Gasteiger partial charge is 0.224 e. The van der Waals surface area contributed by atoms with E-state index in [1.165, 1.54) is 0 Å². The van der Waals surface area contributed by atoms with Crippen molar-refractivity contribution in [2.24, 2.45) is 0 Å². The van der Waals surface area contributed by atoms with E-state index in [4.69, 9.17) is 4.74 Å². The molecular formula is C6H11NO2. The summed E-state index contributed by atoms with van der Waals surface area (Å²) < 4.78 is 5.07. The third-order valence-corrected chi connectivity index (χ3v) is 1.46. The van der Waals surface area contributed by atoms with E-state index < -0.39 is 0 Å². The van der Waals surface area contributed by atoms with E-state index in [2.05, 4.69) is 0 Å². The van der Waals surface area contributed by atoms with Crippen LogP contribution in [0.1, 0.15) is 6.42 Å². The Hall–Kier alpha value is -0.570. The lowest BCUT2D eigenvalue weighted by Gasteiger charge is -2.10. The monoisotopic (exact) mass is 129 g/mol. The SMILES string of the molecule is CN1CCOCCC1=O. The second-order valence-corrected chi connectivity index (χ2v) is 2.18. The highest BCUT2D eigenvalue weighted by Gasteiger charge is 2.11. The van der Waals surface area contributed by atoms with Crippen LogP contribution in [0.2, 0.25) is 0 Å². The summed E-state index contributed by atoms with van der Waals surface area (Å²) in [6.45, 7) is 2.00. The third kappa shape index (κ3) is 1.68. The van der Waals surface area contributed by atoms with Crippen molar-refractivity contribution in [1.82, 2.24) is 4.90 Å². The molecule has 1 fully saturated rings. The number of likely N-dealkylation sites (N-methyl/N-ethyl adjacent to an activating group) is 1. The summed E-state index contributed by atoms with van der Waals surface area (Å²) in [5.74, 6) is 0.188. The first-order chi connectivity index (χ1) is 4.30. The molecule has 9 heavy (non-hydrogen) atoms. The van der Waals surface area contributed by atoms with E-state index in [0.717, 1.165) is 6.54 Å². The molecule has 1 rings (SSSR count). The third-order valence-electron chi connectivity index (χ3n) is 1.46. The van der Waals surface area contributed by atoms with Gasteiger partial charge in [0, 0.05) is 13.6 Å². The summed E-state index contributed by atoms with van der Waals surface area (Å²) in [6, 6.07) is 0. The van der Waals surface area contributed by atoms with Crippen molar-refractivity contribution < 1.29 is 9.53 Å². The molecule has 1 saturated heterocycles. The Morgan fingerprint density at radius 2 is 2.33 bits per heavy atom. The minimum atomic E-state index is 0.188. The second-order valence-electron chi connectivity index (χ2n) is 2.18. The molecule has 0 aromatic rings. The molecule has 0 saturated carbocycles. The molecule has 0 aromatic heterocycles. The topological polar surface area (TPSA) is 29.5 Å². The van der Waals surface area contributed by atoms with Crippen LogP contribution >= 0.6 is 0 Å². The molecule has 1 amide bonds. The van der Waals surface area contributed by atoms with Gasteiger partial charge in [0.05, 0.1) is 19.6 Å². The molecule has 0 bridgehead atoms. The van der Waals surface area contributed by atoms with E-state index in [-0.39, 0.29) is 5.91 Å². The van der Waals surface area contributed by atoms with Crippen LogP contribution in [0.3, 0.4) is 0 Å². The minimum Gasteiger partial charge on any atom is -0.379 e. The maximum atomic E-state index is 10.9. The molecule has 1 aliphatic heterocycles. The molecule has 0 radical (unpaired) electrons. The lowest BCUT2D eigenvalue weighted by atomic mass is 10.4. The summed E-state index contributed by atoms with van der Waals surface area (Å²) in [4.78, 5) is 12.6. The first kappa shape index (κ1) is 6.55. The average Bonchev–Trinajstić information content (AvgIpc) is 1.99. The molecule has 0 N–H and O–H groups in total. The molecule has 1 heterocycles. The van der Waals surface area contributed by atoms with Crippen molar-refractivity contribution in [3.63, 3.8) is 0 Å². The van der Waals surface area contributed by atoms with Crippen LogP contribution in [0.25, 0.3) is 0 Å². The standard InChI is InChI=1S/C6H11NO2/c1-7-3-5-9-4-2-6(7)8/h2-5H2,1H3. The first-order valence-electron chi connectivity index (χ1n) is 3.12. The van der Waals surface area contributed by atoms with Crippen LogP contribution in [0.4, 0.5) is 0 Å². The number of carbonyl (C=O) groups is 1. The largest absolute Gasteiger partial charge is 0.379 e.